The number of anilines is 2. The van der Waals surface area contributed by atoms with Gasteiger partial charge in [-0.2, -0.15) is 0 Å². The van der Waals surface area contributed by atoms with Gasteiger partial charge in [-0.05, 0) is 73.6 Å². The summed E-state index contributed by atoms with van der Waals surface area (Å²) < 4.78 is 4.04. The predicted octanol–water partition coefficient (Wildman–Crippen LogP) is 6.35. The molecule has 0 atom stereocenters. The van der Waals surface area contributed by atoms with Gasteiger partial charge in [0.2, 0.25) is 0 Å². The van der Waals surface area contributed by atoms with Gasteiger partial charge in [-0.1, -0.05) is 97.3 Å². The Kier molecular flexibility index (Phi) is 9.07. The van der Waals surface area contributed by atoms with Crippen molar-refractivity contribution in [2.24, 2.45) is 0 Å². The minimum absolute atomic E-state index is 0.793. The summed E-state index contributed by atoms with van der Waals surface area (Å²) in [6.45, 7) is 1.80. The number of hydrogen-bond acceptors (Lipinski definition) is 4. The number of aromatic nitrogens is 4. The number of unbranched alkanes of at least 4 members (excludes halogenated alkanes) is 9. The first-order valence-electron chi connectivity index (χ1n) is 16.2. The van der Waals surface area contributed by atoms with E-state index >= 15 is 0 Å². The molecule has 6 nitrogen and oxygen atoms in total. The standard InChI is InChI=1S/C36H44N6/c37-33-25-29-21-19-27-15-9-11-17-31(27)35(29)39-41(33)23-13-7-5-3-1-2-4-6-8-14-24-42-34(38)26-30-22-20-28-16-10-12-18-32(28)36(30)40-42/h9-12,15-18,25-26,37-38H,1-8,13-14,19-24H2/p+2. The summed E-state index contributed by atoms with van der Waals surface area (Å²) >= 11 is 0. The summed E-state index contributed by atoms with van der Waals surface area (Å²) in [5.74, 6) is 1.59. The fourth-order valence-corrected chi connectivity index (χ4v) is 6.74. The van der Waals surface area contributed by atoms with Gasteiger partial charge in [0.15, 0.2) is 0 Å². The number of nitrogens with two attached hydrogens (primary N) is 2. The van der Waals surface area contributed by atoms with E-state index in [4.69, 9.17) is 21.7 Å². The number of aryl methyl sites for hydroxylation is 6. The molecule has 2 aromatic carbocycles. The molecular formula is C36H46N6+2. The molecule has 42 heavy (non-hydrogen) atoms. The summed E-state index contributed by atoms with van der Waals surface area (Å²) in [4.78, 5) is 0. The zero-order chi connectivity index (χ0) is 28.7. The van der Waals surface area contributed by atoms with Gasteiger partial charge >= 0.3 is 0 Å². The summed E-state index contributed by atoms with van der Waals surface area (Å²) in [7, 11) is 0. The molecule has 2 aromatic heterocycles. The summed E-state index contributed by atoms with van der Waals surface area (Å²) in [6, 6.07) is 21.6. The lowest BCUT2D eigenvalue weighted by Crippen LogP contribution is -2.42. The molecule has 0 amide bonds. The van der Waals surface area contributed by atoms with Crippen LogP contribution in [-0.2, 0) is 38.8 Å². The zero-order valence-electron chi connectivity index (χ0n) is 25.0. The fourth-order valence-electron chi connectivity index (χ4n) is 6.74. The smallest absolute Gasteiger partial charge is 0.285 e. The SMILES string of the molecule is Nc1cc2c(n[n+]1CCCCCCCCCCCC[n+]1nc3c(cc1N)CCc1ccccc1-3)-c1ccccc1CC2. The fraction of sp³-hybridized carbons (Fsp3) is 0.444. The molecule has 2 aliphatic rings. The molecule has 4 aromatic rings. The molecule has 0 aliphatic heterocycles. The van der Waals surface area contributed by atoms with Crippen LogP contribution in [0.5, 0.6) is 0 Å². The van der Waals surface area contributed by atoms with Gasteiger partial charge in [-0.25, -0.2) is 0 Å². The Bertz CT molecular complexity index is 1410. The lowest BCUT2D eigenvalue weighted by atomic mass is 9.89. The van der Waals surface area contributed by atoms with E-state index in [9.17, 15) is 0 Å². The summed E-state index contributed by atoms with van der Waals surface area (Å²) in [5, 5.41) is 9.94. The van der Waals surface area contributed by atoms with Crippen molar-refractivity contribution in [3.8, 4) is 22.5 Å². The molecule has 4 N–H and O–H groups in total. The second kappa shape index (κ2) is 13.5. The normalized spacial score (nSPS) is 13.2. The molecule has 6 rings (SSSR count). The maximum Gasteiger partial charge on any atom is 0.293 e. The maximum atomic E-state index is 6.37. The molecule has 2 heterocycles. The van der Waals surface area contributed by atoms with Crippen molar-refractivity contribution < 1.29 is 9.36 Å². The lowest BCUT2D eigenvalue weighted by Gasteiger charge is -2.18. The van der Waals surface area contributed by atoms with Crippen LogP contribution in [0.4, 0.5) is 11.6 Å². The van der Waals surface area contributed by atoms with Crippen molar-refractivity contribution in [2.75, 3.05) is 11.5 Å². The van der Waals surface area contributed by atoms with Gasteiger partial charge in [-0.3, -0.25) is 11.5 Å². The molecule has 0 saturated carbocycles. The zero-order valence-corrected chi connectivity index (χ0v) is 25.0. The minimum Gasteiger partial charge on any atom is -0.285 e. The van der Waals surface area contributed by atoms with Gasteiger partial charge in [0.05, 0.1) is 0 Å². The number of nitrogen functional groups attached to an aromatic ring is 2. The van der Waals surface area contributed by atoms with Crippen molar-refractivity contribution in [2.45, 2.75) is 103 Å². The van der Waals surface area contributed by atoms with Crippen LogP contribution < -0.4 is 20.8 Å². The third kappa shape index (κ3) is 6.48. The highest BCUT2D eigenvalue weighted by atomic mass is 15.3. The van der Waals surface area contributed by atoms with Crippen molar-refractivity contribution in [3.63, 3.8) is 0 Å². The Hall–Kier alpha value is -3.80. The summed E-state index contributed by atoms with van der Waals surface area (Å²) in [6.07, 6.45) is 16.8. The molecule has 218 valence electrons. The Morgan fingerprint density at radius 1 is 0.476 bits per heavy atom. The number of rotatable bonds is 13. The Morgan fingerprint density at radius 2 is 0.833 bits per heavy atom. The highest BCUT2D eigenvalue weighted by molar-refractivity contribution is 5.70. The van der Waals surface area contributed by atoms with Crippen LogP contribution in [0.3, 0.4) is 0 Å². The Balaban J connectivity index is 0.851. The van der Waals surface area contributed by atoms with Crippen molar-refractivity contribution in [3.05, 3.63) is 82.9 Å². The number of fused-ring (bicyclic) bond motifs is 6. The number of hydrogen-bond donors (Lipinski definition) is 2. The van der Waals surface area contributed by atoms with Gasteiger partial charge < -0.3 is 0 Å². The highest BCUT2D eigenvalue weighted by Crippen LogP contribution is 2.32. The molecular weight excluding hydrogens is 516 g/mol. The Morgan fingerprint density at radius 3 is 1.26 bits per heavy atom. The van der Waals surface area contributed by atoms with Crippen LogP contribution in [0.1, 0.15) is 86.5 Å². The first kappa shape index (κ1) is 28.3. The maximum absolute atomic E-state index is 6.37. The first-order chi connectivity index (χ1) is 20.7. The van der Waals surface area contributed by atoms with Crippen LogP contribution >= 0.6 is 0 Å². The molecule has 0 unspecified atom stereocenters. The summed E-state index contributed by atoms with van der Waals surface area (Å²) in [5.41, 5.74) is 22.9. The van der Waals surface area contributed by atoms with Crippen LogP contribution in [0, 0.1) is 0 Å². The van der Waals surface area contributed by atoms with Crippen LogP contribution in [-0.4, -0.2) is 10.2 Å². The second-order valence-corrected chi connectivity index (χ2v) is 12.2. The quantitative estimate of drug-likeness (QED) is 0.147. The van der Waals surface area contributed by atoms with E-state index in [0.29, 0.717) is 0 Å². The van der Waals surface area contributed by atoms with Gasteiger partial charge in [0.1, 0.15) is 24.5 Å². The van der Waals surface area contributed by atoms with Crippen molar-refractivity contribution in [1.82, 2.24) is 10.2 Å². The van der Waals surface area contributed by atoms with Crippen LogP contribution in [0.2, 0.25) is 0 Å². The minimum atomic E-state index is 0.793. The average molecular weight is 563 g/mol. The van der Waals surface area contributed by atoms with Crippen molar-refractivity contribution >= 4 is 11.6 Å². The molecule has 2 aliphatic carbocycles. The molecule has 0 saturated heterocycles. The lowest BCUT2D eigenvalue weighted by molar-refractivity contribution is -0.740. The highest BCUT2D eigenvalue weighted by Gasteiger charge is 2.23. The Labute approximate surface area is 250 Å². The molecule has 0 radical (unpaired) electrons. The van der Waals surface area contributed by atoms with E-state index in [1.54, 1.807) is 0 Å². The third-order valence-corrected chi connectivity index (χ3v) is 9.15. The average Bonchev–Trinajstić information content (AvgIpc) is 3.01. The van der Waals surface area contributed by atoms with E-state index in [1.807, 2.05) is 9.36 Å². The topological polar surface area (TPSA) is 85.6 Å². The molecule has 0 spiro atoms. The number of benzene rings is 2. The predicted molar refractivity (Wildman–Crippen MR) is 170 cm³/mol. The molecule has 6 heteroatoms. The first-order valence-corrected chi connectivity index (χ1v) is 16.2. The monoisotopic (exact) mass is 562 g/mol. The molecule has 0 bridgehead atoms. The van der Waals surface area contributed by atoms with E-state index in [0.717, 1.165) is 74.6 Å². The van der Waals surface area contributed by atoms with Gasteiger partial charge in [0, 0.05) is 23.3 Å². The van der Waals surface area contributed by atoms with E-state index < -0.39 is 0 Å². The van der Waals surface area contributed by atoms with Crippen LogP contribution in [0.15, 0.2) is 60.7 Å². The number of nitrogens with zero attached hydrogens (tertiary/aromatic N) is 4. The third-order valence-electron chi connectivity index (χ3n) is 9.15. The van der Waals surface area contributed by atoms with Crippen molar-refractivity contribution in [1.29, 1.82) is 0 Å². The van der Waals surface area contributed by atoms with E-state index in [2.05, 4.69) is 60.7 Å². The van der Waals surface area contributed by atoms with Crippen LogP contribution in [0.25, 0.3) is 22.5 Å². The second-order valence-electron chi connectivity index (χ2n) is 12.2. The van der Waals surface area contributed by atoms with Gasteiger partial charge in [-0.15, -0.1) is 9.36 Å². The van der Waals surface area contributed by atoms with E-state index in [-0.39, 0.29) is 0 Å². The van der Waals surface area contributed by atoms with E-state index in [1.165, 1.54) is 84.7 Å². The van der Waals surface area contributed by atoms with Gasteiger partial charge in [0.25, 0.3) is 11.6 Å². The largest absolute Gasteiger partial charge is 0.293 e. The molecule has 0 fully saturated rings.